The minimum atomic E-state index is -3.77. The first-order chi connectivity index (χ1) is 10.7. The molecule has 130 valence electrons. The van der Waals surface area contributed by atoms with Crippen molar-refractivity contribution in [2.75, 3.05) is 6.61 Å². The number of amides is 1. The number of rotatable bonds is 8. The lowest BCUT2D eigenvalue weighted by Gasteiger charge is -2.18. The molecule has 1 rings (SSSR count). The van der Waals surface area contributed by atoms with Gasteiger partial charge < -0.3 is 10.1 Å². The molecule has 0 unspecified atom stereocenters. The van der Waals surface area contributed by atoms with Crippen LogP contribution in [0.25, 0.3) is 0 Å². The highest BCUT2D eigenvalue weighted by Crippen LogP contribution is 2.21. The van der Waals surface area contributed by atoms with E-state index in [1.807, 2.05) is 20.8 Å². The van der Waals surface area contributed by atoms with Crippen molar-refractivity contribution in [2.24, 2.45) is 0 Å². The van der Waals surface area contributed by atoms with Gasteiger partial charge in [0, 0.05) is 6.04 Å². The average Bonchev–Trinajstić information content (AvgIpc) is 2.48. The predicted octanol–water partition coefficient (Wildman–Crippen LogP) is 1.98. The number of aryl methyl sites for hydroxylation is 1. The molecule has 1 aromatic rings. The summed E-state index contributed by atoms with van der Waals surface area (Å²) in [6, 6.07) is 3.78. The van der Waals surface area contributed by atoms with Crippen LogP contribution in [0.2, 0.25) is 0 Å². The summed E-state index contributed by atoms with van der Waals surface area (Å²) >= 11 is 0. The Morgan fingerprint density at radius 3 is 2.43 bits per heavy atom. The van der Waals surface area contributed by atoms with Crippen LogP contribution in [-0.2, 0) is 14.8 Å². The molecule has 6 nitrogen and oxygen atoms in total. The lowest BCUT2D eigenvalue weighted by molar-refractivity contribution is -0.122. The number of nitrogens with one attached hydrogen (secondary N) is 2. The lowest BCUT2D eigenvalue weighted by Crippen LogP contribution is -2.47. The van der Waals surface area contributed by atoms with E-state index in [0.717, 1.165) is 12.0 Å². The van der Waals surface area contributed by atoms with Crippen molar-refractivity contribution in [3.8, 4) is 5.75 Å². The van der Waals surface area contributed by atoms with Crippen molar-refractivity contribution in [3.05, 3.63) is 23.8 Å². The Hall–Kier alpha value is -1.60. The van der Waals surface area contributed by atoms with Crippen LogP contribution >= 0.6 is 0 Å². The van der Waals surface area contributed by atoms with Crippen molar-refractivity contribution >= 4 is 15.9 Å². The van der Waals surface area contributed by atoms with E-state index in [4.69, 9.17) is 4.74 Å². The summed E-state index contributed by atoms with van der Waals surface area (Å²) in [6.45, 7) is 9.50. The van der Waals surface area contributed by atoms with Crippen molar-refractivity contribution in [2.45, 2.75) is 58.0 Å². The van der Waals surface area contributed by atoms with Crippen LogP contribution in [0.1, 0.15) is 39.7 Å². The van der Waals surface area contributed by atoms with Crippen LogP contribution in [-0.4, -0.2) is 33.0 Å². The second-order valence-corrected chi connectivity index (χ2v) is 7.24. The highest BCUT2D eigenvalue weighted by Gasteiger charge is 2.23. The van der Waals surface area contributed by atoms with E-state index in [-0.39, 0.29) is 16.8 Å². The predicted molar refractivity (Wildman–Crippen MR) is 90.0 cm³/mol. The van der Waals surface area contributed by atoms with Gasteiger partial charge in [0.15, 0.2) is 0 Å². The van der Waals surface area contributed by atoms with E-state index in [0.29, 0.717) is 12.4 Å². The zero-order valence-electron chi connectivity index (χ0n) is 14.3. The Balaban J connectivity index is 2.86. The summed E-state index contributed by atoms with van der Waals surface area (Å²) < 4.78 is 32.6. The highest BCUT2D eigenvalue weighted by atomic mass is 32.2. The number of hydrogen-bond donors (Lipinski definition) is 2. The number of ether oxygens (including phenoxy) is 1. The summed E-state index contributed by atoms with van der Waals surface area (Å²) in [4.78, 5) is 12.1. The quantitative estimate of drug-likeness (QED) is 0.756. The Kier molecular flexibility index (Phi) is 7.02. The molecule has 1 aromatic carbocycles. The fourth-order valence-electron chi connectivity index (χ4n) is 1.93. The van der Waals surface area contributed by atoms with Crippen molar-refractivity contribution in [3.63, 3.8) is 0 Å². The molecule has 0 spiro atoms. The highest BCUT2D eigenvalue weighted by molar-refractivity contribution is 7.89. The molecule has 0 aromatic heterocycles. The molecule has 0 fully saturated rings. The number of carbonyl (C=O) groups excluding carboxylic acids is 1. The summed E-state index contributed by atoms with van der Waals surface area (Å²) in [5, 5.41) is 2.75. The first-order valence-corrected chi connectivity index (χ1v) is 9.25. The van der Waals surface area contributed by atoms with Gasteiger partial charge in [-0.05, 0) is 57.9 Å². The molecule has 23 heavy (non-hydrogen) atoms. The minimum Gasteiger partial charge on any atom is -0.494 e. The first-order valence-electron chi connectivity index (χ1n) is 7.77. The topological polar surface area (TPSA) is 84.5 Å². The van der Waals surface area contributed by atoms with Crippen LogP contribution in [0.4, 0.5) is 0 Å². The van der Waals surface area contributed by atoms with Crippen molar-refractivity contribution in [1.82, 2.24) is 10.0 Å². The second-order valence-electron chi connectivity index (χ2n) is 5.52. The smallest absolute Gasteiger partial charge is 0.241 e. The lowest BCUT2D eigenvalue weighted by atomic mass is 10.2. The third kappa shape index (κ3) is 5.51. The molecule has 1 amide bonds. The SMILES string of the molecule is CCOc1ccc(S(=O)(=O)N[C@@H](C)C(=O)N[C@H](C)CC)cc1C. The third-order valence-electron chi connectivity index (χ3n) is 3.48. The molecule has 7 heteroatoms. The Morgan fingerprint density at radius 1 is 1.26 bits per heavy atom. The molecule has 2 N–H and O–H groups in total. The number of carbonyl (C=O) groups is 1. The van der Waals surface area contributed by atoms with Gasteiger partial charge in [0.05, 0.1) is 17.5 Å². The van der Waals surface area contributed by atoms with E-state index in [1.165, 1.54) is 19.1 Å². The van der Waals surface area contributed by atoms with Gasteiger partial charge in [-0.15, -0.1) is 0 Å². The minimum absolute atomic E-state index is 0.00201. The first kappa shape index (κ1) is 19.4. The van der Waals surface area contributed by atoms with Gasteiger partial charge >= 0.3 is 0 Å². The van der Waals surface area contributed by atoms with Crippen LogP contribution in [0.5, 0.6) is 5.75 Å². The summed E-state index contributed by atoms with van der Waals surface area (Å²) in [6.07, 6.45) is 0.781. The normalized spacial score (nSPS) is 14.1. The fourth-order valence-corrected chi connectivity index (χ4v) is 3.22. The molecule has 0 radical (unpaired) electrons. The van der Waals surface area contributed by atoms with Gasteiger partial charge in [-0.3, -0.25) is 4.79 Å². The Bertz CT molecular complexity index is 643. The van der Waals surface area contributed by atoms with Crippen LogP contribution in [0.3, 0.4) is 0 Å². The summed E-state index contributed by atoms with van der Waals surface area (Å²) in [5.74, 6) is 0.305. The molecule has 0 aliphatic carbocycles. The molecule has 0 saturated heterocycles. The van der Waals surface area contributed by atoms with Crippen molar-refractivity contribution < 1.29 is 17.9 Å². The van der Waals surface area contributed by atoms with Crippen LogP contribution in [0, 0.1) is 6.92 Å². The Morgan fingerprint density at radius 2 is 1.91 bits per heavy atom. The van der Waals surface area contributed by atoms with Gasteiger partial charge in [-0.1, -0.05) is 6.92 Å². The molecular weight excluding hydrogens is 316 g/mol. The Labute approximate surface area is 138 Å². The standard InChI is InChI=1S/C16H26N2O4S/c1-6-12(4)17-16(19)13(5)18-23(20,21)14-8-9-15(22-7-2)11(3)10-14/h8-10,12-13,18H,6-7H2,1-5H3,(H,17,19)/t12-,13+/m1/s1. The zero-order chi connectivity index (χ0) is 17.6. The molecule has 0 aliphatic rings. The van der Waals surface area contributed by atoms with Gasteiger partial charge in [-0.25, -0.2) is 8.42 Å². The zero-order valence-corrected chi connectivity index (χ0v) is 15.2. The van der Waals surface area contributed by atoms with Gasteiger partial charge in [0.2, 0.25) is 15.9 Å². The molecule has 0 saturated carbocycles. The van der Waals surface area contributed by atoms with E-state index >= 15 is 0 Å². The van der Waals surface area contributed by atoms with E-state index in [9.17, 15) is 13.2 Å². The number of sulfonamides is 1. The number of benzene rings is 1. The average molecular weight is 342 g/mol. The monoisotopic (exact) mass is 342 g/mol. The van der Waals surface area contributed by atoms with Crippen LogP contribution < -0.4 is 14.8 Å². The van der Waals surface area contributed by atoms with Gasteiger partial charge in [0.25, 0.3) is 0 Å². The van der Waals surface area contributed by atoms with E-state index in [1.54, 1.807) is 13.0 Å². The van der Waals surface area contributed by atoms with Gasteiger partial charge in [-0.2, -0.15) is 4.72 Å². The largest absolute Gasteiger partial charge is 0.494 e. The molecule has 0 aliphatic heterocycles. The van der Waals surface area contributed by atoms with Crippen LogP contribution in [0.15, 0.2) is 23.1 Å². The van der Waals surface area contributed by atoms with Gasteiger partial charge in [0.1, 0.15) is 5.75 Å². The molecule has 0 bridgehead atoms. The van der Waals surface area contributed by atoms with E-state index < -0.39 is 16.1 Å². The molecule has 0 heterocycles. The maximum atomic E-state index is 12.4. The second kappa shape index (κ2) is 8.31. The molecule has 2 atom stereocenters. The maximum Gasteiger partial charge on any atom is 0.241 e. The summed E-state index contributed by atoms with van der Waals surface area (Å²) in [5.41, 5.74) is 0.728. The number of hydrogen-bond acceptors (Lipinski definition) is 4. The van der Waals surface area contributed by atoms with Crippen molar-refractivity contribution in [1.29, 1.82) is 0 Å². The molecular formula is C16H26N2O4S. The third-order valence-corrected chi connectivity index (χ3v) is 5.02. The summed E-state index contributed by atoms with van der Waals surface area (Å²) in [7, 11) is -3.77. The maximum absolute atomic E-state index is 12.4. The fraction of sp³-hybridized carbons (Fsp3) is 0.562. The van der Waals surface area contributed by atoms with E-state index in [2.05, 4.69) is 10.0 Å².